The van der Waals surface area contributed by atoms with Crippen molar-refractivity contribution in [1.29, 1.82) is 0 Å². The lowest BCUT2D eigenvalue weighted by molar-refractivity contribution is -0.130. The van der Waals surface area contributed by atoms with Gasteiger partial charge in [0.15, 0.2) is 0 Å². The molecule has 2 aromatic carbocycles. The molecule has 0 N–H and O–H groups in total. The molecule has 2 rings (SSSR count). The first-order chi connectivity index (χ1) is 12.4. The standard InChI is InChI=1S/C20H16O6/c1-4-18(21)24-15-9-11-17(12-10-15)26-20(23)14-5-7-16(8-6-14)25-19(22)13(2)3/h4-12H,1-2H2,3H3. The second-order valence-corrected chi connectivity index (χ2v) is 5.18. The van der Waals surface area contributed by atoms with E-state index < -0.39 is 17.9 Å². The van der Waals surface area contributed by atoms with Crippen molar-refractivity contribution >= 4 is 17.9 Å². The summed E-state index contributed by atoms with van der Waals surface area (Å²) in [6.45, 7) is 8.33. The maximum Gasteiger partial charge on any atom is 0.343 e. The van der Waals surface area contributed by atoms with Gasteiger partial charge in [-0.15, -0.1) is 0 Å². The van der Waals surface area contributed by atoms with Crippen molar-refractivity contribution in [3.63, 3.8) is 0 Å². The minimum atomic E-state index is -0.585. The Morgan fingerprint density at radius 1 is 0.808 bits per heavy atom. The third-order valence-electron chi connectivity index (χ3n) is 3.07. The third-order valence-corrected chi connectivity index (χ3v) is 3.07. The summed E-state index contributed by atoms with van der Waals surface area (Å²) >= 11 is 0. The second-order valence-electron chi connectivity index (χ2n) is 5.18. The highest BCUT2D eigenvalue weighted by atomic mass is 16.5. The van der Waals surface area contributed by atoms with Crippen LogP contribution in [0.25, 0.3) is 0 Å². The molecule has 6 heteroatoms. The van der Waals surface area contributed by atoms with E-state index in [9.17, 15) is 14.4 Å². The van der Waals surface area contributed by atoms with Gasteiger partial charge < -0.3 is 14.2 Å². The van der Waals surface area contributed by atoms with E-state index in [1.54, 1.807) is 0 Å². The predicted octanol–water partition coefficient (Wildman–Crippen LogP) is 3.48. The van der Waals surface area contributed by atoms with Crippen LogP contribution in [0.4, 0.5) is 0 Å². The summed E-state index contributed by atoms with van der Waals surface area (Å²) in [7, 11) is 0. The molecular formula is C20H16O6. The fourth-order valence-electron chi connectivity index (χ4n) is 1.75. The maximum atomic E-state index is 12.1. The number of carbonyl (C=O) groups excluding carboxylic acids is 3. The molecule has 6 nitrogen and oxygen atoms in total. The molecule has 26 heavy (non-hydrogen) atoms. The Morgan fingerprint density at radius 3 is 1.77 bits per heavy atom. The van der Waals surface area contributed by atoms with Gasteiger partial charge in [0.2, 0.25) is 0 Å². The maximum absolute atomic E-state index is 12.1. The Kier molecular flexibility index (Phi) is 6.06. The fraction of sp³-hybridized carbons (Fsp3) is 0.0500. The van der Waals surface area contributed by atoms with Crippen LogP contribution in [0.1, 0.15) is 17.3 Å². The molecule has 0 aliphatic carbocycles. The van der Waals surface area contributed by atoms with E-state index in [2.05, 4.69) is 13.2 Å². The predicted molar refractivity (Wildman–Crippen MR) is 94.1 cm³/mol. The van der Waals surface area contributed by atoms with Crippen molar-refractivity contribution in [1.82, 2.24) is 0 Å². The number of benzene rings is 2. The molecule has 2 aromatic rings. The summed E-state index contributed by atoms with van der Waals surface area (Å²) in [5.74, 6) is -0.828. The molecule has 0 amide bonds. The number of hydrogen-bond donors (Lipinski definition) is 0. The van der Waals surface area contributed by atoms with E-state index in [-0.39, 0.29) is 16.9 Å². The van der Waals surface area contributed by atoms with Crippen LogP contribution in [0.15, 0.2) is 73.3 Å². The minimum Gasteiger partial charge on any atom is -0.423 e. The van der Waals surface area contributed by atoms with Gasteiger partial charge in [-0.05, 0) is 55.5 Å². The largest absolute Gasteiger partial charge is 0.423 e. The van der Waals surface area contributed by atoms with Crippen molar-refractivity contribution in [2.24, 2.45) is 0 Å². The number of ether oxygens (including phenoxy) is 3. The van der Waals surface area contributed by atoms with E-state index in [0.717, 1.165) is 6.08 Å². The van der Waals surface area contributed by atoms with E-state index in [0.29, 0.717) is 11.5 Å². The topological polar surface area (TPSA) is 78.9 Å². The molecule has 132 valence electrons. The summed E-state index contributed by atoms with van der Waals surface area (Å²) < 4.78 is 15.2. The van der Waals surface area contributed by atoms with E-state index in [1.807, 2.05) is 0 Å². The molecule has 0 unspecified atom stereocenters. The van der Waals surface area contributed by atoms with Crippen LogP contribution in [0.5, 0.6) is 17.2 Å². The van der Waals surface area contributed by atoms with Crippen LogP contribution >= 0.6 is 0 Å². The quantitative estimate of drug-likeness (QED) is 0.450. The number of rotatable bonds is 6. The Bertz CT molecular complexity index is 847. The van der Waals surface area contributed by atoms with Crippen molar-refractivity contribution in [2.75, 3.05) is 0 Å². The van der Waals surface area contributed by atoms with Crippen LogP contribution in [-0.2, 0) is 9.59 Å². The van der Waals surface area contributed by atoms with Crippen molar-refractivity contribution < 1.29 is 28.6 Å². The zero-order valence-electron chi connectivity index (χ0n) is 14.1. The Morgan fingerprint density at radius 2 is 1.27 bits per heavy atom. The molecule has 0 aromatic heterocycles. The highest BCUT2D eigenvalue weighted by Crippen LogP contribution is 2.20. The Hall–Kier alpha value is -3.67. The first-order valence-corrected chi connectivity index (χ1v) is 7.53. The Labute approximate surface area is 150 Å². The average molecular weight is 352 g/mol. The molecule has 0 bridgehead atoms. The molecule has 0 aliphatic heterocycles. The lowest BCUT2D eigenvalue weighted by atomic mass is 10.2. The van der Waals surface area contributed by atoms with Crippen LogP contribution < -0.4 is 14.2 Å². The first-order valence-electron chi connectivity index (χ1n) is 7.53. The summed E-state index contributed by atoms with van der Waals surface area (Å²) in [5.41, 5.74) is 0.554. The van der Waals surface area contributed by atoms with Crippen LogP contribution in [0, 0.1) is 0 Å². The number of carbonyl (C=O) groups is 3. The second kappa shape index (κ2) is 8.43. The first kappa shape index (κ1) is 18.7. The monoisotopic (exact) mass is 352 g/mol. The van der Waals surface area contributed by atoms with Gasteiger partial charge in [-0.25, -0.2) is 14.4 Å². The van der Waals surface area contributed by atoms with Crippen LogP contribution in [-0.4, -0.2) is 17.9 Å². The zero-order valence-corrected chi connectivity index (χ0v) is 14.1. The van der Waals surface area contributed by atoms with Crippen LogP contribution in [0.2, 0.25) is 0 Å². The van der Waals surface area contributed by atoms with Gasteiger partial charge in [0, 0.05) is 11.6 Å². The normalized spacial score (nSPS) is 9.73. The van der Waals surface area contributed by atoms with Crippen molar-refractivity contribution in [3.8, 4) is 17.2 Å². The summed E-state index contributed by atoms with van der Waals surface area (Å²) in [4.78, 5) is 34.7. The van der Waals surface area contributed by atoms with Gasteiger partial charge >= 0.3 is 17.9 Å². The van der Waals surface area contributed by atoms with E-state index in [4.69, 9.17) is 14.2 Å². The Balaban J connectivity index is 1.99. The van der Waals surface area contributed by atoms with Crippen LogP contribution in [0.3, 0.4) is 0 Å². The molecule has 0 aliphatic rings. The van der Waals surface area contributed by atoms with E-state index >= 15 is 0 Å². The highest BCUT2D eigenvalue weighted by molar-refractivity contribution is 5.92. The molecular weight excluding hydrogens is 336 g/mol. The smallest absolute Gasteiger partial charge is 0.343 e. The summed E-state index contributed by atoms with van der Waals surface area (Å²) in [5, 5.41) is 0. The molecule has 0 atom stereocenters. The third kappa shape index (κ3) is 5.17. The number of esters is 3. The molecule has 0 spiro atoms. The lowest BCUT2D eigenvalue weighted by Gasteiger charge is -2.07. The van der Waals surface area contributed by atoms with Gasteiger partial charge in [0.1, 0.15) is 17.2 Å². The van der Waals surface area contributed by atoms with Gasteiger partial charge in [0.05, 0.1) is 5.56 Å². The zero-order chi connectivity index (χ0) is 19.1. The molecule has 0 saturated heterocycles. The summed E-state index contributed by atoms with van der Waals surface area (Å²) in [6, 6.07) is 11.9. The SMILES string of the molecule is C=CC(=O)Oc1ccc(OC(=O)c2ccc(OC(=O)C(=C)C)cc2)cc1. The van der Waals surface area contributed by atoms with E-state index in [1.165, 1.54) is 55.5 Å². The average Bonchev–Trinajstić information content (AvgIpc) is 2.63. The lowest BCUT2D eigenvalue weighted by Crippen LogP contribution is -2.10. The molecule has 0 fully saturated rings. The van der Waals surface area contributed by atoms with Gasteiger partial charge in [-0.2, -0.15) is 0 Å². The number of hydrogen-bond acceptors (Lipinski definition) is 6. The fourth-order valence-corrected chi connectivity index (χ4v) is 1.75. The summed E-state index contributed by atoms with van der Waals surface area (Å²) in [6.07, 6.45) is 1.05. The van der Waals surface area contributed by atoms with Gasteiger partial charge in [0.25, 0.3) is 0 Å². The molecule has 0 saturated carbocycles. The van der Waals surface area contributed by atoms with Gasteiger partial charge in [-0.3, -0.25) is 0 Å². The van der Waals surface area contributed by atoms with Crippen molar-refractivity contribution in [2.45, 2.75) is 6.92 Å². The van der Waals surface area contributed by atoms with Crippen molar-refractivity contribution in [3.05, 3.63) is 78.9 Å². The molecule has 0 heterocycles. The van der Waals surface area contributed by atoms with Gasteiger partial charge in [-0.1, -0.05) is 13.2 Å². The minimum absolute atomic E-state index is 0.274. The highest BCUT2D eigenvalue weighted by Gasteiger charge is 2.11. The molecule has 0 radical (unpaired) electrons.